The Labute approximate surface area is 179 Å². The molecule has 1 amide bonds. The maximum Gasteiger partial charge on any atom is 0.265 e. The fraction of sp³-hybridized carbons (Fsp3) is 0.125. The van der Waals surface area contributed by atoms with E-state index in [1.165, 1.54) is 22.5 Å². The van der Waals surface area contributed by atoms with E-state index in [1.54, 1.807) is 19.2 Å². The zero-order valence-electron chi connectivity index (χ0n) is 16.6. The van der Waals surface area contributed by atoms with Gasteiger partial charge in [-0.3, -0.25) is 4.79 Å². The second-order valence-electron chi connectivity index (χ2n) is 6.98. The summed E-state index contributed by atoms with van der Waals surface area (Å²) in [5.74, 6) is 0.712. The maximum absolute atomic E-state index is 12.6. The SMILES string of the molecule is COc1cccc(CNCc2ccc3cc(C(=O)Nc4ccccc4N)sc3c2)c1. The average molecular weight is 418 g/mol. The second-order valence-corrected chi connectivity index (χ2v) is 8.06. The summed E-state index contributed by atoms with van der Waals surface area (Å²) in [4.78, 5) is 13.3. The van der Waals surface area contributed by atoms with Gasteiger partial charge < -0.3 is 21.1 Å². The van der Waals surface area contributed by atoms with E-state index < -0.39 is 0 Å². The monoisotopic (exact) mass is 417 g/mol. The molecule has 6 heteroatoms. The number of para-hydroxylation sites is 2. The highest BCUT2D eigenvalue weighted by molar-refractivity contribution is 7.20. The molecule has 0 fully saturated rings. The fourth-order valence-electron chi connectivity index (χ4n) is 3.23. The van der Waals surface area contributed by atoms with Crippen LogP contribution in [0.3, 0.4) is 0 Å². The molecule has 0 saturated heterocycles. The van der Waals surface area contributed by atoms with Crippen molar-refractivity contribution in [2.24, 2.45) is 0 Å². The van der Waals surface area contributed by atoms with Gasteiger partial charge in [-0.2, -0.15) is 0 Å². The van der Waals surface area contributed by atoms with Crippen LogP contribution in [0.2, 0.25) is 0 Å². The molecule has 30 heavy (non-hydrogen) atoms. The molecule has 4 rings (SSSR count). The average Bonchev–Trinajstić information content (AvgIpc) is 3.19. The number of fused-ring (bicyclic) bond motifs is 1. The van der Waals surface area contributed by atoms with Crippen molar-refractivity contribution in [3.8, 4) is 5.75 Å². The normalized spacial score (nSPS) is 10.8. The number of nitrogens with two attached hydrogens (primary N) is 1. The van der Waals surface area contributed by atoms with Crippen molar-refractivity contribution >= 4 is 38.7 Å². The van der Waals surface area contributed by atoms with Crippen molar-refractivity contribution < 1.29 is 9.53 Å². The molecule has 0 atom stereocenters. The molecule has 3 aromatic carbocycles. The number of amides is 1. The number of nitrogen functional groups attached to an aromatic ring is 1. The summed E-state index contributed by atoms with van der Waals surface area (Å²) in [5, 5.41) is 7.40. The van der Waals surface area contributed by atoms with E-state index in [2.05, 4.69) is 34.9 Å². The van der Waals surface area contributed by atoms with Gasteiger partial charge in [0.1, 0.15) is 5.75 Å². The molecule has 0 radical (unpaired) electrons. The lowest BCUT2D eigenvalue weighted by Gasteiger charge is -2.07. The molecular weight excluding hydrogens is 394 g/mol. The Kier molecular flexibility index (Phi) is 5.97. The van der Waals surface area contributed by atoms with Crippen molar-refractivity contribution in [3.05, 3.63) is 88.8 Å². The summed E-state index contributed by atoms with van der Waals surface area (Å²) in [6.45, 7) is 1.50. The molecule has 1 aromatic heterocycles. The molecule has 0 bridgehead atoms. The first-order chi connectivity index (χ1) is 14.6. The van der Waals surface area contributed by atoms with E-state index in [1.807, 2.05) is 36.4 Å². The number of anilines is 2. The third kappa shape index (κ3) is 4.62. The number of rotatable bonds is 7. The molecule has 152 valence electrons. The Bertz CT molecular complexity index is 1190. The van der Waals surface area contributed by atoms with Gasteiger partial charge in [0.2, 0.25) is 0 Å². The van der Waals surface area contributed by atoms with Gasteiger partial charge in [-0.1, -0.05) is 36.4 Å². The standard InChI is InChI=1S/C24H23N3O2S/c1-29-19-6-4-5-16(11-19)14-26-15-17-9-10-18-13-23(30-22(18)12-17)24(28)27-21-8-3-2-7-20(21)25/h2-13,26H,14-15,25H2,1H3,(H,27,28). The molecule has 5 nitrogen and oxygen atoms in total. The van der Waals surface area contributed by atoms with Crippen LogP contribution in [0.5, 0.6) is 5.75 Å². The number of hydrogen-bond donors (Lipinski definition) is 3. The Balaban J connectivity index is 1.42. The predicted octanol–water partition coefficient (Wildman–Crippen LogP) is 5.03. The molecule has 0 spiro atoms. The number of thiophene rings is 1. The number of ether oxygens (including phenoxy) is 1. The predicted molar refractivity (Wildman–Crippen MR) is 124 cm³/mol. The summed E-state index contributed by atoms with van der Waals surface area (Å²) in [7, 11) is 1.67. The van der Waals surface area contributed by atoms with Gasteiger partial charge in [0.15, 0.2) is 0 Å². The van der Waals surface area contributed by atoms with Gasteiger partial charge in [-0.15, -0.1) is 11.3 Å². The Morgan fingerprint density at radius 3 is 2.57 bits per heavy atom. The zero-order chi connectivity index (χ0) is 20.9. The number of nitrogens with one attached hydrogen (secondary N) is 2. The quantitative estimate of drug-likeness (QED) is 0.369. The van der Waals surface area contributed by atoms with Crippen molar-refractivity contribution in [1.29, 1.82) is 0 Å². The van der Waals surface area contributed by atoms with E-state index in [4.69, 9.17) is 10.5 Å². The molecule has 0 aliphatic heterocycles. The summed E-state index contributed by atoms with van der Waals surface area (Å²) in [6.07, 6.45) is 0. The van der Waals surface area contributed by atoms with Crippen molar-refractivity contribution in [2.75, 3.05) is 18.2 Å². The first-order valence-corrected chi connectivity index (χ1v) is 10.5. The van der Waals surface area contributed by atoms with Crippen LogP contribution >= 0.6 is 11.3 Å². The van der Waals surface area contributed by atoms with Gasteiger partial charge in [0.25, 0.3) is 5.91 Å². The van der Waals surface area contributed by atoms with Crippen LogP contribution < -0.4 is 21.1 Å². The van der Waals surface area contributed by atoms with Crippen molar-refractivity contribution in [3.63, 3.8) is 0 Å². The molecule has 0 unspecified atom stereocenters. The topological polar surface area (TPSA) is 76.4 Å². The van der Waals surface area contributed by atoms with Crippen LogP contribution in [0.15, 0.2) is 72.8 Å². The van der Waals surface area contributed by atoms with E-state index >= 15 is 0 Å². The minimum atomic E-state index is -0.146. The van der Waals surface area contributed by atoms with Crippen molar-refractivity contribution in [2.45, 2.75) is 13.1 Å². The number of hydrogen-bond acceptors (Lipinski definition) is 5. The Morgan fingerprint density at radius 2 is 1.77 bits per heavy atom. The Hall–Kier alpha value is -3.35. The number of methoxy groups -OCH3 is 1. The Morgan fingerprint density at radius 1 is 0.967 bits per heavy atom. The first-order valence-electron chi connectivity index (χ1n) is 9.64. The van der Waals surface area contributed by atoms with E-state index in [0.29, 0.717) is 16.3 Å². The maximum atomic E-state index is 12.6. The van der Waals surface area contributed by atoms with Crippen LogP contribution in [0.25, 0.3) is 10.1 Å². The molecule has 0 saturated carbocycles. The van der Waals surface area contributed by atoms with Crippen molar-refractivity contribution in [1.82, 2.24) is 5.32 Å². The van der Waals surface area contributed by atoms with Crippen LogP contribution in [0.4, 0.5) is 11.4 Å². The van der Waals surface area contributed by atoms with E-state index in [-0.39, 0.29) is 5.91 Å². The van der Waals surface area contributed by atoms with Crippen LogP contribution in [0, 0.1) is 0 Å². The van der Waals surface area contributed by atoms with Crippen LogP contribution in [-0.2, 0) is 13.1 Å². The molecule has 0 aliphatic carbocycles. The molecule has 1 heterocycles. The van der Waals surface area contributed by atoms with E-state index in [9.17, 15) is 4.79 Å². The largest absolute Gasteiger partial charge is 0.497 e. The first kappa shape index (κ1) is 19.9. The van der Waals surface area contributed by atoms with Crippen LogP contribution in [-0.4, -0.2) is 13.0 Å². The molecular formula is C24H23N3O2S. The van der Waals surface area contributed by atoms with Gasteiger partial charge in [0, 0.05) is 17.8 Å². The molecule has 0 aliphatic rings. The minimum absolute atomic E-state index is 0.146. The van der Waals surface area contributed by atoms with Crippen LogP contribution in [0.1, 0.15) is 20.8 Å². The number of carbonyl (C=O) groups excluding carboxylic acids is 1. The van der Waals surface area contributed by atoms with Gasteiger partial charge in [-0.25, -0.2) is 0 Å². The van der Waals surface area contributed by atoms with E-state index in [0.717, 1.165) is 28.9 Å². The summed E-state index contributed by atoms with van der Waals surface area (Å²) in [6, 6.07) is 23.5. The highest BCUT2D eigenvalue weighted by Crippen LogP contribution is 2.28. The molecule has 4 N–H and O–H groups in total. The summed E-state index contributed by atoms with van der Waals surface area (Å²) in [5.41, 5.74) is 9.45. The van der Waals surface area contributed by atoms with Gasteiger partial charge >= 0.3 is 0 Å². The summed E-state index contributed by atoms with van der Waals surface area (Å²) >= 11 is 1.48. The highest BCUT2D eigenvalue weighted by atomic mass is 32.1. The number of benzene rings is 3. The lowest BCUT2D eigenvalue weighted by atomic mass is 10.1. The minimum Gasteiger partial charge on any atom is -0.497 e. The fourth-order valence-corrected chi connectivity index (χ4v) is 4.25. The lowest BCUT2D eigenvalue weighted by molar-refractivity contribution is 0.103. The zero-order valence-corrected chi connectivity index (χ0v) is 17.5. The third-order valence-electron chi connectivity index (χ3n) is 4.81. The second kappa shape index (κ2) is 8.98. The lowest BCUT2D eigenvalue weighted by Crippen LogP contribution is -2.12. The number of carbonyl (C=O) groups is 1. The highest BCUT2D eigenvalue weighted by Gasteiger charge is 2.12. The van der Waals surface area contributed by atoms with Gasteiger partial charge in [-0.05, 0) is 52.9 Å². The molecule has 4 aromatic rings. The summed E-state index contributed by atoms with van der Waals surface area (Å²) < 4.78 is 6.35. The van der Waals surface area contributed by atoms with Gasteiger partial charge in [0.05, 0.1) is 23.4 Å². The third-order valence-corrected chi connectivity index (χ3v) is 5.91. The smallest absolute Gasteiger partial charge is 0.265 e.